The van der Waals surface area contributed by atoms with Crippen LogP contribution in [-0.4, -0.2) is 29.7 Å². The first-order chi connectivity index (χ1) is 7.13. The normalized spacial score (nSPS) is 15.5. The summed E-state index contributed by atoms with van der Waals surface area (Å²) in [6.07, 6.45) is 0. The quantitative estimate of drug-likeness (QED) is 0.797. The molecule has 0 amide bonds. The molecule has 1 aromatic rings. The van der Waals surface area contributed by atoms with E-state index in [9.17, 15) is 4.79 Å². The molecule has 1 aliphatic rings. The van der Waals surface area contributed by atoms with Gasteiger partial charge in [-0.3, -0.25) is 0 Å². The van der Waals surface area contributed by atoms with E-state index in [1.165, 1.54) is 0 Å². The lowest BCUT2D eigenvalue weighted by Crippen LogP contribution is -2.33. The number of carboxylic acids is 1. The number of fused-ring (bicyclic) bond motifs is 1. The first-order valence-corrected chi connectivity index (χ1v) is 4.98. The van der Waals surface area contributed by atoms with Crippen molar-refractivity contribution in [1.82, 2.24) is 5.01 Å². The van der Waals surface area contributed by atoms with Crippen LogP contribution in [0.15, 0.2) is 18.2 Å². The van der Waals surface area contributed by atoms with Gasteiger partial charge in [-0.1, -0.05) is 0 Å². The molecule has 0 atom stereocenters. The van der Waals surface area contributed by atoms with Crippen LogP contribution in [0.5, 0.6) is 0 Å². The molecule has 0 aliphatic carbocycles. The molecule has 0 unspecified atom stereocenters. The summed E-state index contributed by atoms with van der Waals surface area (Å²) in [4.78, 5) is 10.8. The van der Waals surface area contributed by atoms with Crippen LogP contribution in [0.2, 0.25) is 0 Å². The van der Waals surface area contributed by atoms with Gasteiger partial charge in [0.1, 0.15) is 0 Å². The Labute approximate surface area is 88.7 Å². The van der Waals surface area contributed by atoms with Crippen molar-refractivity contribution in [3.05, 3.63) is 29.3 Å². The molecule has 0 spiro atoms. The Morgan fingerprint density at radius 3 is 2.87 bits per heavy atom. The summed E-state index contributed by atoms with van der Waals surface area (Å²) in [6, 6.07) is 5.29. The zero-order valence-electron chi connectivity index (χ0n) is 8.90. The fourth-order valence-corrected chi connectivity index (χ4v) is 2.02. The maximum Gasteiger partial charge on any atom is 0.335 e. The predicted molar refractivity (Wildman–Crippen MR) is 57.9 cm³/mol. The van der Waals surface area contributed by atoms with Crippen molar-refractivity contribution in [2.75, 3.05) is 18.6 Å². The minimum absolute atomic E-state index is 0.361. The van der Waals surface area contributed by atoms with Crippen molar-refractivity contribution in [2.45, 2.75) is 13.5 Å². The lowest BCUT2D eigenvalue weighted by Gasteiger charge is -2.25. The number of nitrogens with zero attached hydrogens (tertiary/aromatic N) is 2. The molecule has 1 aromatic carbocycles. The standard InChI is InChI=1S/C11H14N2O2/c1-3-13-10-5-4-8(11(14)15)6-9(10)7-12(13)2/h4-6H,3,7H2,1-2H3,(H,14,15). The molecule has 2 rings (SSSR count). The zero-order chi connectivity index (χ0) is 11.0. The molecule has 0 aromatic heterocycles. The Morgan fingerprint density at radius 1 is 1.53 bits per heavy atom. The van der Waals surface area contributed by atoms with Crippen LogP contribution < -0.4 is 5.01 Å². The fourth-order valence-electron chi connectivity index (χ4n) is 2.02. The highest BCUT2D eigenvalue weighted by molar-refractivity contribution is 5.88. The smallest absolute Gasteiger partial charge is 0.335 e. The zero-order valence-corrected chi connectivity index (χ0v) is 8.90. The summed E-state index contributed by atoms with van der Waals surface area (Å²) in [5, 5.41) is 13.1. The topological polar surface area (TPSA) is 43.8 Å². The van der Waals surface area contributed by atoms with Crippen molar-refractivity contribution < 1.29 is 9.90 Å². The molecule has 0 fully saturated rings. The molecule has 1 aliphatic heterocycles. The van der Waals surface area contributed by atoms with Gasteiger partial charge in [0.05, 0.1) is 11.3 Å². The number of benzene rings is 1. The summed E-state index contributed by atoms with van der Waals surface area (Å²) >= 11 is 0. The van der Waals surface area contributed by atoms with E-state index in [2.05, 4.69) is 16.9 Å². The van der Waals surface area contributed by atoms with Crippen LogP contribution in [0.1, 0.15) is 22.8 Å². The first-order valence-electron chi connectivity index (χ1n) is 4.98. The summed E-state index contributed by atoms with van der Waals surface area (Å²) in [6.45, 7) is 3.76. The van der Waals surface area contributed by atoms with Crippen molar-refractivity contribution in [3.8, 4) is 0 Å². The van der Waals surface area contributed by atoms with Crippen LogP contribution in [0.25, 0.3) is 0 Å². The second kappa shape index (κ2) is 3.55. The van der Waals surface area contributed by atoms with Gasteiger partial charge in [-0.2, -0.15) is 0 Å². The van der Waals surface area contributed by atoms with Crippen molar-refractivity contribution in [2.24, 2.45) is 0 Å². The third-order valence-electron chi connectivity index (χ3n) is 2.72. The van der Waals surface area contributed by atoms with Crippen molar-refractivity contribution in [3.63, 3.8) is 0 Å². The largest absolute Gasteiger partial charge is 0.478 e. The molecule has 0 bridgehead atoms. The van der Waals surface area contributed by atoms with Crippen LogP contribution in [0, 0.1) is 0 Å². The van der Waals surface area contributed by atoms with Crippen molar-refractivity contribution in [1.29, 1.82) is 0 Å². The number of anilines is 1. The van der Waals surface area contributed by atoms with E-state index in [0.717, 1.165) is 24.3 Å². The molecule has 4 nitrogen and oxygen atoms in total. The summed E-state index contributed by atoms with van der Waals surface area (Å²) in [5.74, 6) is -0.865. The van der Waals surface area contributed by atoms with Gasteiger partial charge in [0.25, 0.3) is 0 Å². The van der Waals surface area contributed by atoms with E-state index < -0.39 is 5.97 Å². The highest BCUT2D eigenvalue weighted by Gasteiger charge is 2.23. The molecule has 0 saturated heterocycles. The minimum atomic E-state index is -0.865. The van der Waals surface area contributed by atoms with E-state index in [1.54, 1.807) is 12.1 Å². The minimum Gasteiger partial charge on any atom is -0.478 e. The number of carboxylic acid groups (broad SMARTS) is 1. The van der Waals surface area contributed by atoms with Crippen LogP contribution in [0.3, 0.4) is 0 Å². The van der Waals surface area contributed by atoms with E-state index in [-0.39, 0.29) is 0 Å². The SMILES string of the molecule is CCN1c2ccc(C(=O)O)cc2CN1C. The van der Waals surface area contributed by atoms with E-state index >= 15 is 0 Å². The highest BCUT2D eigenvalue weighted by atomic mass is 16.4. The van der Waals surface area contributed by atoms with Gasteiger partial charge < -0.3 is 10.1 Å². The van der Waals surface area contributed by atoms with Gasteiger partial charge in [-0.05, 0) is 30.7 Å². The number of aromatic carboxylic acids is 1. The Balaban J connectivity index is 2.41. The van der Waals surface area contributed by atoms with Gasteiger partial charge in [0, 0.05) is 20.1 Å². The predicted octanol–water partition coefficient (Wildman–Crippen LogP) is 1.57. The second-order valence-electron chi connectivity index (χ2n) is 3.68. The van der Waals surface area contributed by atoms with Crippen molar-refractivity contribution >= 4 is 11.7 Å². The summed E-state index contributed by atoms with van der Waals surface area (Å²) in [5.41, 5.74) is 2.56. The Hall–Kier alpha value is -1.55. The molecule has 15 heavy (non-hydrogen) atoms. The third kappa shape index (κ3) is 1.57. The van der Waals surface area contributed by atoms with Gasteiger partial charge in [-0.25, -0.2) is 9.80 Å². The molecular weight excluding hydrogens is 192 g/mol. The lowest BCUT2D eigenvalue weighted by molar-refractivity contribution is 0.0697. The molecule has 0 saturated carbocycles. The van der Waals surface area contributed by atoms with Gasteiger partial charge in [-0.15, -0.1) is 0 Å². The monoisotopic (exact) mass is 206 g/mol. The van der Waals surface area contributed by atoms with E-state index in [1.807, 2.05) is 13.1 Å². The Kier molecular flexibility index (Phi) is 2.36. The van der Waals surface area contributed by atoms with Crippen LogP contribution in [-0.2, 0) is 6.54 Å². The van der Waals surface area contributed by atoms with Gasteiger partial charge in [0.2, 0.25) is 0 Å². The average molecular weight is 206 g/mol. The molecule has 80 valence electrons. The fraction of sp³-hybridized carbons (Fsp3) is 0.364. The summed E-state index contributed by atoms with van der Waals surface area (Å²) in [7, 11) is 2.00. The molecule has 1 N–H and O–H groups in total. The maximum atomic E-state index is 10.8. The van der Waals surface area contributed by atoms with E-state index in [4.69, 9.17) is 5.11 Å². The van der Waals surface area contributed by atoms with E-state index in [0.29, 0.717) is 5.56 Å². The molecular formula is C11H14N2O2. The average Bonchev–Trinajstić information content (AvgIpc) is 2.51. The number of hydrogen-bond donors (Lipinski definition) is 1. The number of carbonyl (C=O) groups is 1. The number of rotatable bonds is 2. The molecule has 1 heterocycles. The first kappa shape index (κ1) is 9.98. The number of hydrazine groups is 1. The second-order valence-corrected chi connectivity index (χ2v) is 3.68. The van der Waals surface area contributed by atoms with Crippen LogP contribution in [0.4, 0.5) is 5.69 Å². The van der Waals surface area contributed by atoms with Gasteiger partial charge >= 0.3 is 5.97 Å². The lowest BCUT2D eigenvalue weighted by atomic mass is 10.1. The number of hydrogen-bond acceptors (Lipinski definition) is 3. The maximum absolute atomic E-state index is 10.8. The third-order valence-corrected chi connectivity index (χ3v) is 2.72. The van der Waals surface area contributed by atoms with Gasteiger partial charge in [0.15, 0.2) is 0 Å². The Morgan fingerprint density at radius 2 is 2.27 bits per heavy atom. The molecule has 0 radical (unpaired) electrons. The van der Waals surface area contributed by atoms with Crippen LogP contribution >= 0.6 is 0 Å². The Bertz CT molecular complexity index is 404. The molecule has 4 heteroatoms. The summed E-state index contributed by atoms with van der Waals surface area (Å²) < 4.78 is 0. The highest BCUT2D eigenvalue weighted by Crippen LogP contribution is 2.30.